The number of esters is 1. The maximum Gasteiger partial charge on any atom is 0.340 e. The summed E-state index contributed by atoms with van der Waals surface area (Å²) < 4.78 is 4.67. The van der Waals surface area contributed by atoms with Crippen molar-refractivity contribution in [2.24, 2.45) is 0 Å². The molecule has 0 saturated carbocycles. The Hall–Kier alpha value is -2.13. The summed E-state index contributed by atoms with van der Waals surface area (Å²) in [6.07, 6.45) is 0.738. The lowest BCUT2D eigenvalue weighted by molar-refractivity contribution is 0.00676. The van der Waals surface area contributed by atoms with Gasteiger partial charge in [0.05, 0.1) is 5.56 Å². The molecule has 2 aromatic carbocycles. The molecule has 1 aliphatic rings. The van der Waals surface area contributed by atoms with E-state index in [0.29, 0.717) is 5.56 Å². The van der Waals surface area contributed by atoms with E-state index in [9.17, 15) is 4.79 Å². The number of hydrogen-bond acceptors (Lipinski definition) is 3. The second kappa shape index (κ2) is 4.27. The number of carbonyl (C=O) groups is 1. The van der Waals surface area contributed by atoms with Crippen molar-refractivity contribution in [3.05, 3.63) is 59.2 Å². The number of rotatable bonds is 2. The molecular formula is C15H12O3. The molecule has 0 heterocycles. The summed E-state index contributed by atoms with van der Waals surface area (Å²) in [6, 6.07) is 13.7. The van der Waals surface area contributed by atoms with Crippen molar-refractivity contribution in [2.45, 2.75) is 6.42 Å². The van der Waals surface area contributed by atoms with Crippen LogP contribution >= 0.6 is 0 Å². The molecule has 1 aliphatic carbocycles. The Balaban J connectivity index is 2.11. The molecule has 3 heteroatoms. The Morgan fingerprint density at radius 3 is 2.72 bits per heavy atom. The molecule has 0 bridgehead atoms. The first-order chi connectivity index (χ1) is 8.81. The first-order valence-electron chi connectivity index (χ1n) is 5.79. The van der Waals surface area contributed by atoms with Gasteiger partial charge in [0, 0.05) is 0 Å². The van der Waals surface area contributed by atoms with Gasteiger partial charge in [0.15, 0.2) is 6.79 Å². The lowest BCUT2D eigenvalue weighted by atomic mass is 10.0. The highest BCUT2D eigenvalue weighted by molar-refractivity contribution is 5.95. The van der Waals surface area contributed by atoms with Crippen LogP contribution in [-0.4, -0.2) is 17.9 Å². The fraction of sp³-hybridized carbons (Fsp3) is 0.133. The number of aliphatic hydroxyl groups is 1. The monoisotopic (exact) mass is 240 g/mol. The highest BCUT2D eigenvalue weighted by Crippen LogP contribution is 2.38. The van der Waals surface area contributed by atoms with Gasteiger partial charge in [-0.3, -0.25) is 0 Å². The van der Waals surface area contributed by atoms with E-state index in [1.165, 1.54) is 11.1 Å². The van der Waals surface area contributed by atoms with Crippen LogP contribution in [0.1, 0.15) is 21.5 Å². The maximum absolute atomic E-state index is 11.8. The molecular weight excluding hydrogens is 228 g/mol. The van der Waals surface area contributed by atoms with Gasteiger partial charge >= 0.3 is 5.97 Å². The predicted octanol–water partition coefficient (Wildman–Crippen LogP) is 2.36. The van der Waals surface area contributed by atoms with Crippen molar-refractivity contribution in [3.63, 3.8) is 0 Å². The van der Waals surface area contributed by atoms with Crippen LogP contribution in [0.3, 0.4) is 0 Å². The summed E-state index contributed by atoms with van der Waals surface area (Å²) in [6.45, 7) is -0.588. The minimum absolute atomic E-state index is 0.470. The Morgan fingerprint density at radius 1 is 1.11 bits per heavy atom. The minimum atomic E-state index is -0.588. The zero-order chi connectivity index (χ0) is 12.5. The molecule has 3 nitrogen and oxygen atoms in total. The summed E-state index contributed by atoms with van der Waals surface area (Å²) in [5.41, 5.74) is 5.00. The Labute approximate surface area is 105 Å². The van der Waals surface area contributed by atoms with Crippen LogP contribution in [0, 0.1) is 0 Å². The average molecular weight is 240 g/mol. The van der Waals surface area contributed by atoms with Crippen molar-refractivity contribution in [1.29, 1.82) is 0 Å². The minimum Gasteiger partial charge on any atom is -0.435 e. The van der Waals surface area contributed by atoms with Gasteiger partial charge in [-0.05, 0) is 34.7 Å². The van der Waals surface area contributed by atoms with E-state index in [1.807, 2.05) is 24.3 Å². The van der Waals surface area contributed by atoms with Gasteiger partial charge in [0.25, 0.3) is 0 Å². The van der Waals surface area contributed by atoms with Crippen molar-refractivity contribution in [3.8, 4) is 11.1 Å². The van der Waals surface area contributed by atoms with Gasteiger partial charge in [0.2, 0.25) is 0 Å². The molecule has 2 aromatic rings. The van der Waals surface area contributed by atoms with Gasteiger partial charge in [-0.2, -0.15) is 0 Å². The molecule has 1 N–H and O–H groups in total. The standard InChI is InChI=1S/C15H12O3/c16-9-18-15(17)13-7-3-6-12-11-5-2-1-4-10(11)8-14(12)13/h1-7,16H,8-9H2. The summed E-state index contributed by atoms with van der Waals surface area (Å²) in [7, 11) is 0. The fourth-order valence-corrected chi connectivity index (χ4v) is 2.48. The molecule has 3 rings (SSSR count). The van der Waals surface area contributed by atoms with Crippen molar-refractivity contribution in [1.82, 2.24) is 0 Å². The first kappa shape index (κ1) is 11.0. The van der Waals surface area contributed by atoms with E-state index in [-0.39, 0.29) is 0 Å². The number of ether oxygens (including phenoxy) is 1. The van der Waals surface area contributed by atoms with Gasteiger partial charge in [0.1, 0.15) is 0 Å². The van der Waals surface area contributed by atoms with Crippen LogP contribution in [0.15, 0.2) is 42.5 Å². The summed E-state index contributed by atoms with van der Waals surface area (Å²) in [5.74, 6) is -0.470. The highest BCUT2D eigenvalue weighted by Gasteiger charge is 2.23. The fourth-order valence-electron chi connectivity index (χ4n) is 2.48. The topological polar surface area (TPSA) is 46.5 Å². The van der Waals surface area contributed by atoms with Crippen molar-refractivity contribution < 1.29 is 14.6 Å². The Morgan fingerprint density at radius 2 is 1.89 bits per heavy atom. The van der Waals surface area contributed by atoms with Gasteiger partial charge in [-0.25, -0.2) is 4.79 Å². The quantitative estimate of drug-likeness (QED) is 0.552. The van der Waals surface area contributed by atoms with Crippen LogP contribution < -0.4 is 0 Å². The normalized spacial score (nSPS) is 11.8. The van der Waals surface area contributed by atoms with E-state index in [0.717, 1.165) is 17.5 Å². The van der Waals surface area contributed by atoms with Crippen LogP contribution in [0.25, 0.3) is 11.1 Å². The Kier molecular flexibility index (Phi) is 2.61. The van der Waals surface area contributed by atoms with Gasteiger partial charge < -0.3 is 9.84 Å². The molecule has 0 fully saturated rings. The second-order valence-corrected chi connectivity index (χ2v) is 4.23. The van der Waals surface area contributed by atoms with Gasteiger partial charge in [-0.15, -0.1) is 0 Å². The van der Waals surface area contributed by atoms with E-state index in [1.54, 1.807) is 6.07 Å². The lowest BCUT2D eigenvalue weighted by Crippen LogP contribution is -2.08. The van der Waals surface area contributed by atoms with E-state index in [4.69, 9.17) is 5.11 Å². The average Bonchev–Trinajstić information content (AvgIpc) is 2.77. The first-order valence-corrected chi connectivity index (χ1v) is 5.79. The molecule has 0 aromatic heterocycles. The van der Waals surface area contributed by atoms with Crippen LogP contribution in [0.5, 0.6) is 0 Å². The number of aliphatic hydroxyl groups excluding tert-OH is 1. The summed E-state index contributed by atoms with van der Waals surface area (Å²) in [4.78, 5) is 11.8. The molecule has 0 atom stereocenters. The van der Waals surface area contributed by atoms with Crippen LogP contribution in [0.2, 0.25) is 0 Å². The molecule has 0 spiro atoms. The van der Waals surface area contributed by atoms with E-state index < -0.39 is 12.8 Å². The van der Waals surface area contributed by atoms with E-state index in [2.05, 4.69) is 16.9 Å². The largest absolute Gasteiger partial charge is 0.435 e. The van der Waals surface area contributed by atoms with Crippen molar-refractivity contribution in [2.75, 3.05) is 6.79 Å². The maximum atomic E-state index is 11.8. The van der Waals surface area contributed by atoms with Crippen molar-refractivity contribution >= 4 is 5.97 Å². The molecule has 18 heavy (non-hydrogen) atoms. The predicted molar refractivity (Wildman–Crippen MR) is 67.2 cm³/mol. The molecule has 0 amide bonds. The third kappa shape index (κ3) is 1.60. The zero-order valence-corrected chi connectivity index (χ0v) is 9.72. The number of benzene rings is 2. The number of carbonyl (C=O) groups excluding carboxylic acids is 1. The third-order valence-electron chi connectivity index (χ3n) is 3.27. The van der Waals surface area contributed by atoms with Crippen LogP contribution in [0.4, 0.5) is 0 Å². The summed E-state index contributed by atoms with van der Waals surface area (Å²) >= 11 is 0. The zero-order valence-electron chi connectivity index (χ0n) is 9.72. The third-order valence-corrected chi connectivity index (χ3v) is 3.27. The summed E-state index contributed by atoms with van der Waals surface area (Å²) in [5, 5.41) is 8.68. The molecule has 0 radical (unpaired) electrons. The molecule has 90 valence electrons. The smallest absolute Gasteiger partial charge is 0.340 e. The second-order valence-electron chi connectivity index (χ2n) is 4.23. The van der Waals surface area contributed by atoms with Gasteiger partial charge in [-0.1, -0.05) is 36.4 Å². The number of hydrogen-bond donors (Lipinski definition) is 1. The molecule has 0 saturated heterocycles. The highest BCUT2D eigenvalue weighted by atomic mass is 16.6. The SMILES string of the molecule is O=C(OCO)c1cccc2c1Cc1ccccc1-2. The lowest BCUT2D eigenvalue weighted by Gasteiger charge is -2.06. The van der Waals surface area contributed by atoms with E-state index >= 15 is 0 Å². The molecule has 0 unspecified atom stereocenters. The Bertz CT molecular complexity index is 617. The molecule has 0 aliphatic heterocycles. The number of fused-ring (bicyclic) bond motifs is 3. The van der Waals surface area contributed by atoms with Crippen LogP contribution in [-0.2, 0) is 11.2 Å².